The van der Waals surface area contributed by atoms with E-state index in [-0.39, 0.29) is 12.5 Å². The van der Waals surface area contributed by atoms with Crippen molar-refractivity contribution < 1.29 is 4.79 Å². The molecule has 1 aliphatic rings. The zero-order valence-electron chi connectivity index (χ0n) is 11.4. The second-order valence-corrected chi connectivity index (χ2v) is 4.96. The van der Waals surface area contributed by atoms with Crippen molar-refractivity contribution in [1.29, 1.82) is 0 Å². The fraction of sp³-hybridized carbons (Fsp3) is 0.750. The zero-order valence-corrected chi connectivity index (χ0v) is 11.4. The van der Waals surface area contributed by atoms with E-state index < -0.39 is 0 Å². The molecule has 1 aromatic rings. The van der Waals surface area contributed by atoms with Crippen LogP contribution in [0.5, 0.6) is 0 Å². The number of nitrogens with zero attached hydrogens (tertiary/aromatic N) is 4. The maximum absolute atomic E-state index is 11.8. The van der Waals surface area contributed by atoms with E-state index in [9.17, 15) is 4.79 Å². The first-order valence-corrected chi connectivity index (χ1v) is 6.79. The van der Waals surface area contributed by atoms with Crippen molar-refractivity contribution >= 4 is 5.91 Å². The first kappa shape index (κ1) is 14.0. The average Bonchev–Trinajstić information content (AvgIpc) is 3.04. The quantitative estimate of drug-likeness (QED) is 0.703. The third-order valence-electron chi connectivity index (χ3n) is 3.51. The summed E-state index contributed by atoms with van der Waals surface area (Å²) in [6.45, 7) is 6.77. The van der Waals surface area contributed by atoms with Crippen molar-refractivity contribution in [2.45, 2.75) is 26.4 Å². The first-order chi connectivity index (χ1) is 9.21. The highest BCUT2D eigenvalue weighted by atomic mass is 16.2. The summed E-state index contributed by atoms with van der Waals surface area (Å²) in [4.78, 5) is 14.2. The van der Waals surface area contributed by atoms with Gasteiger partial charge in [0.1, 0.15) is 6.54 Å². The Kier molecular flexibility index (Phi) is 4.86. The molecule has 0 aromatic carbocycles. The molecular formula is C12H22N6O. The molecule has 1 fully saturated rings. The Balaban J connectivity index is 1.70. The Labute approximate surface area is 113 Å². The van der Waals surface area contributed by atoms with Gasteiger partial charge >= 0.3 is 0 Å². The number of carbonyl (C=O) groups excluding carboxylic acids is 1. The van der Waals surface area contributed by atoms with Gasteiger partial charge in [-0.05, 0) is 25.4 Å². The number of hydrogen-bond acceptors (Lipinski definition) is 5. The summed E-state index contributed by atoms with van der Waals surface area (Å²) in [5, 5.41) is 10.7. The molecular weight excluding hydrogens is 244 g/mol. The second kappa shape index (κ2) is 6.63. The van der Waals surface area contributed by atoms with E-state index in [0.717, 1.165) is 32.6 Å². The minimum absolute atomic E-state index is 0.0246. The van der Waals surface area contributed by atoms with Crippen LogP contribution in [0.25, 0.3) is 0 Å². The van der Waals surface area contributed by atoms with Gasteiger partial charge in [-0.3, -0.25) is 4.79 Å². The van der Waals surface area contributed by atoms with Gasteiger partial charge < -0.3 is 16.0 Å². The molecule has 3 N–H and O–H groups in total. The lowest BCUT2D eigenvalue weighted by atomic mass is 10.1. The van der Waals surface area contributed by atoms with Crippen LogP contribution in [0.3, 0.4) is 0 Å². The normalized spacial score (nSPS) is 19.8. The van der Waals surface area contributed by atoms with Crippen molar-refractivity contribution in [3.05, 3.63) is 11.9 Å². The number of likely N-dealkylation sites (tertiary alicyclic amines) is 1. The van der Waals surface area contributed by atoms with Crippen LogP contribution in [-0.4, -0.2) is 52.0 Å². The van der Waals surface area contributed by atoms with Gasteiger partial charge in [-0.15, -0.1) is 5.10 Å². The largest absolute Gasteiger partial charge is 0.354 e. The summed E-state index contributed by atoms with van der Waals surface area (Å²) in [5.74, 6) is 0.544. The molecule has 0 spiro atoms. The van der Waals surface area contributed by atoms with Crippen LogP contribution in [0.2, 0.25) is 0 Å². The lowest BCUT2D eigenvalue weighted by Gasteiger charge is -2.13. The fourth-order valence-corrected chi connectivity index (χ4v) is 2.34. The van der Waals surface area contributed by atoms with E-state index in [4.69, 9.17) is 5.73 Å². The minimum Gasteiger partial charge on any atom is -0.354 e. The predicted octanol–water partition coefficient (Wildman–Crippen LogP) is -0.805. The molecule has 7 nitrogen and oxygen atoms in total. The van der Waals surface area contributed by atoms with Gasteiger partial charge in [-0.2, -0.15) is 0 Å². The number of aromatic nitrogens is 3. The average molecular weight is 266 g/mol. The molecule has 0 bridgehead atoms. The van der Waals surface area contributed by atoms with Crippen LogP contribution in [0, 0.1) is 5.92 Å². The van der Waals surface area contributed by atoms with Crippen LogP contribution in [0.4, 0.5) is 0 Å². The highest BCUT2D eigenvalue weighted by Gasteiger charge is 2.21. The molecule has 0 aliphatic carbocycles. The van der Waals surface area contributed by atoms with Gasteiger partial charge in [-0.25, -0.2) is 4.68 Å². The summed E-state index contributed by atoms with van der Waals surface area (Å²) in [5.41, 5.74) is 6.14. The van der Waals surface area contributed by atoms with Gasteiger partial charge in [0.05, 0.1) is 11.9 Å². The second-order valence-electron chi connectivity index (χ2n) is 4.96. The van der Waals surface area contributed by atoms with Crippen LogP contribution >= 0.6 is 0 Å². The number of rotatable bonds is 6. The van der Waals surface area contributed by atoms with E-state index in [2.05, 4.69) is 27.5 Å². The summed E-state index contributed by atoms with van der Waals surface area (Å²) in [7, 11) is 0. The first-order valence-electron chi connectivity index (χ1n) is 6.79. The van der Waals surface area contributed by atoms with Crippen LogP contribution in [-0.2, 0) is 17.9 Å². The number of amides is 1. The standard InChI is InChI=1S/C12H22N6O/c1-2-17-4-3-10(7-17)6-14-12(19)9-18-8-11(5-13)15-16-18/h8,10H,2-7,9,13H2,1H3,(H,14,19). The molecule has 0 radical (unpaired) electrons. The highest BCUT2D eigenvalue weighted by Crippen LogP contribution is 2.14. The van der Waals surface area contributed by atoms with Crippen molar-refractivity contribution in [3.8, 4) is 0 Å². The van der Waals surface area contributed by atoms with Crippen molar-refractivity contribution in [3.63, 3.8) is 0 Å². The zero-order chi connectivity index (χ0) is 13.7. The summed E-state index contributed by atoms with van der Waals surface area (Å²) >= 11 is 0. The minimum atomic E-state index is -0.0246. The van der Waals surface area contributed by atoms with E-state index in [1.807, 2.05) is 0 Å². The van der Waals surface area contributed by atoms with E-state index in [1.165, 1.54) is 4.68 Å². The highest BCUT2D eigenvalue weighted by molar-refractivity contribution is 5.75. The lowest BCUT2D eigenvalue weighted by Crippen LogP contribution is -2.33. The van der Waals surface area contributed by atoms with Crippen molar-refractivity contribution in [1.82, 2.24) is 25.2 Å². The molecule has 1 saturated heterocycles. The van der Waals surface area contributed by atoms with Gasteiger partial charge in [0.2, 0.25) is 5.91 Å². The lowest BCUT2D eigenvalue weighted by molar-refractivity contribution is -0.122. The Morgan fingerprint density at radius 3 is 3.11 bits per heavy atom. The molecule has 1 amide bonds. The molecule has 1 aliphatic heterocycles. The third kappa shape index (κ3) is 4.00. The molecule has 1 atom stereocenters. The van der Waals surface area contributed by atoms with Crippen molar-refractivity contribution in [2.24, 2.45) is 11.7 Å². The summed E-state index contributed by atoms with van der Waals surface area (Å²) in [6, 6.07) is 0. The molecule has 19 heavy (non-hydrogen) atoms. The molecule has 0 saturated carbocycles. The van der Waals surface area contributed by atoms with E-state index >= 15 is 0 Å². The topological polar surface area (TPSA) is 89.1 Å². The van der Waals surface area contributed by atoms with Gasteiger partial charge in [0.15, 0.2) is 0 Å². The van der Waals surface area contributed by atoms with E-state index in [0.29, 0.717) is 18.2 Å². The van der Waals surface area contributed by atoms with Gasteiger partial charge in [0.25, 0.3) is 0 Å². The number of nitrogens with one attached hydrogen (secondary N) is 1. The molecule has 106 valence electrons. The van der Waals surface area contributed by atoms with Crippen LogP contribution < -0.4 is 11.1 Å². The molecule has 1 unspecified atom stereocenters. The van der Waals surface area contributed by atoms with Gasteiger partial charge in [-0.1, -0.05) is 12.1 Å². The Hall–Kier alpha value is -1.47. The predicted molar refractivity (Wildman–Crippen MR) is 71.1 cm³/mol. The summed E-state index contributed by atoms with van der Waals surface area (Å²) in [6.07, 6.45) is 2.86. The maximum atomic E-state index is 11.8. The Bertz CT molecular complexity index is 418. The van der Waals surface area contributed by atoms with Gasteiger partial charge in [0, 0.05) is 19.6 Å². The monoisotopic (exact) mass is 266 g/mol. The van der Waals surface area contributed by atoms with Crippen LogP contribution in [0.1, 0.15) is 19.0 Å². The summed E-state index contributed by atoms with van der Waals surface area (Å²) < 4.78 is 1.52. The van der Waals surface area contributed by atoms with E-state index in [1.54, 1.807) is 6.20 Å². The Morgan fingerprint density at radius 1 is 1.63 bits per heavy atom. The smallest absolute Gasteiger partial charge is 0.241 e. The van der Waals surface area contributed by atoms with Crippen LogP contribution in [0.15, 0.2) is 6.20 Å². The molecule has 2 rings (SSSR count). The number of nitrogens with two attached hydrogens (primary N) is 1. The Morgan fingerprint density at radius 2 is 2.47 bits per heavy atom. The third-order valence-corrected chi connectivity index (χ3v) is 3.51. The molecule has 1 aromatic heterocycles. The molecule has 7 heteroatoms. The van der Waals surface area contributed by atoms with Crippen molar-refractivity contribution in [2.75, 3.05) is 26.2 Å². The SMILES string of the molecule is CCN1CCC(CNC(=O)Cn2cc(CN)nn2)C1. The fourth-order valence-electron chi connectivity index (χ4n) is 2.34. The number of carbonyl (C=O) groups is 1. The molecule has 2 heterocycles. The maximum Gasteiger partial charge on any atom is 0.241 e. The number of hydrogen-bond donors (Lipinski definition) is 2.